The normalized spacial score (nSPS) is 10.9. The van der Waals surface area contributed by atoms with Gasteiger partial charge in [0.15, 0.2) is 0 Å². The second kappa shape index (κ2) is 6.28. The van der Waals surface area contributed by atoms with Gasteiger partial charge in [0.1, 0.15) is 11.5 Å². The standard InChI is InChI=1S/C18H21NO4/c1-9(2)16-8-14(12(5)23-16)17(20)19-15-7-13(18(21)22)10(3)6-11(15)4/h6-9H,1-5H3,(H,19,20)(H,21,22). The van der Waals surface area contributed by atoms with Gasteiger partial charge in [-0.25, -0.2) is 4.79 Å². The Kier molecular flexibility index (Phi) is 4.59. The van der Waals surface area contributed by atoms with Crippen molar-refractivity contribution in [3.63, 3.8) is 0 Å². The molecule has 0 unspecified atom stereocenters. The Bertz CT molecular complexity index is 772. The van der Waals surface area contributed by atoms with Crippen molar-refractivity contribution in [3.8, 4) is 0 Å². The summed E-state index contributed by atoms with van der Waals surface area (Å²) in [5, 5.41) is 12.0. The molecule has 0 bridgehead atoms. The smallest absolute Gasteiger partial charge is 0.336 e. The highest BCUT2D eigenvalue weighted by Crippen LogP contribution is 2.25. The second-order valence-corrected chi connectivity index (χ2v) is 6.01. The number of nitrogens with one attached hydrogen (secondary N) is 1. The summed E-state index contributed by atoms with van der Waals surface area (Å²) in [6, 6.07) is 4.97. The van der Waals surface area contributed by atoms with Crippen LogP contribution in [-0.4, -0.2) is 17.0 Å². The molecule has 0 saturated carbocycles. The number of carboxylic acids is 1. The highest BCUT2D eigenvalue weighted by molar-refractivity contribution is 6.06. The lowest BCUT2D eigenvalue weighted by molar-refractivity contribution is 0.0695. The Morgan fingerprint density at radius 2 is 1.70 bits per heavy atom. The van der Waals surface area contributed by atoms with E-state index in [0.29, 0.717) is 22.6 Å². The fourth-order valence-corrected chi connectivity index (χ4v) is 2.42. The zero-order valence-corrected chi connectivity index (χ0v) is 14.0. The zero-order chi connectivity index (χ0) is 17.3. The van der Waals surface area contributed by atoms with E-state index in [-0.39, 0.29) is 17.4 Å². The van der Waals surface area contributed by atoms with E-state index in [4.69, 9.17) is 4.42 Å². The van der Waals surface area contributed by atoms with Crippen LogP contribution in [0.2, 0.25) is 0 Å². The van der Waals surface area contributed by atoms with Crippen LogP contribution >= 0.6 is 0 Å². The monoisotopic (exact) mass is 315 g/mol. The summed E-state index contributed by atoms with van der Waals surface area (Å²) in [7, 11) is 0. The minimum absolute atomic E-state index is 0.178. The molecule has 1 aromatic heterocycles. The van der Waals surface area contributed by atoms with Gasteiger partial charge in [-0.1, -0.05) is 19.9 Å². The number of carboxylic acid groups (broad SMARTS) is 1. The summed E-state index contributed by atoms with van der Waals surface area (Å²) in [5.74, 6) is 0.171. The van der Waals surface area contributed by atoms with E-state index in [1.165, 1.54) is 6.07 Å². The van der Waals surface area contributed by atoms with Gasteiger partial charge in [-0.3, -0.25) is 4.79 Å². The fourth-order valence-electron chi connectivity index (χ4n) is 2.42. The number of carbonyl (C=O) groups is 2. The molecule has 2 rings (SSSR count). The Labute approximate surface area is 135 Å². The van der Waals surface area contributed by atoms with Crippen LogP contribution in [0.4, 0.5) is 5.69 Å². The molecular formula is C18H21NO4. The molecule has 0 aliphatic rings. The first-order valence-corrected chi connectivity index (χ1v) is 7.47. The van der Waals surface area contributed by atoms with Gasteiger partial charge in [0.2, 0.25) is 0 Å². The van der Waals surface area contributed by atoms with Crippen LogP contribution in [0.1, 0.15) is 63.1 Å². The first-order valence-electron chi connectivity index (χ1n) is 7.47. The van der Waals surface area contributed by atoms with E-state index in [1.807, 2.05) is 20.8 Å². The molecule has 2 aromatic rings. The van der Waals surface area contributed by atoms with Crippen LogP contribution in [0.25, 0.3) is 0 Å². The average Bonchev–Trinajstić information content (AvgIpc) is 2.83. The minimum atomic E-state index is -1.01. The van der Waals surface area contributed by atoms with Crippen LogP contribution in [0, 0.1) is 20.8 Å². The molecule has 0 atom stereocenters. The third-order valence-electron chi connectivity index (χ3n) is 3.80. The lowest BCUT2D eigenvalue weighted by Crippen LogP contribution is -2.14. The summed E-state index contributed by atoms with van der Waals surface area (Å²) in [4.78, 5) is 23.7. The molecule has 0 aliphatic heterocycles. The van der Waals surface area contributed by atoms with Crippen LogP contribution in [0.15, 0.2) is 22.6 Å². The number of amides is 1. The predicted octanol–water partition coefficient (Wildman–Crippen LogP) is 4.28. The fraction of sp³-hybridized carbons (Fsp3) is 0.333. The van der Waals surface area contributed by atoms with E-state index in [2.05, 4.69) is 5.32 Å². The number of rotatable bonds is 4. The van der Waals surface area contributed by atoms with E-state index < -0.39 is 5.97 Å². The van der Waals surface area contributed by atoms with Crippen molar-refractivity contribution in [2.75, 3.05) is 5.32 Å². The molecule has 0 saturated heterocycles. The van der Waals surface area contributed by atoms with E-state index in [1.54, 1.807) is 26.0 Å². The van der Waals surface area contributed by atoms with Gasteiger partial charge in [-0.2, -0.15) is 0 Å². The zero-order valence-electron chi connectivity index (χ0n) is 14.0. The second-order valence-electron chi connectivity index (χ2n) is 6.01. The number of carbonyl (C=O) groups excluding carboxylic acids is 1. The topological polar surface area (TPSA) is 79.5 Å². The molecule has 122 valence electrons. The quantitative estimate of drug-likeness (QED) is 0.882. The molecule has 1 amide bonds. The Morgan fingerprint density at radius 3 is 2.22 bits per heavy atom. The van der Waals surface area contributed by atoms with Gasteiger partial charge in [0, 0.05) is 11.6 Å². The van der Waals surface area contributed by atoms with Crippen LogP contribution < -0.4 is 5.32 Å². The van der Waals surface area contributed by atoms with Crippen molar-refractivity contribution in [3.05, 3.63) is 52.0 Å². The van der Waals surface area contributed by atoms with E-state index >= 15 is 0 Å². The molecule has 5 nitrogen and oxygen atoms in total. The van der Waals surface area contributed by atoms with Gasteiger partial charge in [0.25, 0.3) is 5.91 Å². The molecule has 1 aromatic carbocycles. The highest BCUT2D eigenvalue weighted by atomic mass is 16.4. The average molecular weight is 315 g/mol. The van der Waals surface area contributed by atoms with Gasteiger partial charge >= 0.3 is 5.97 Å². The summed E-state index contributed by atoms with van der Waals surface area (Å²) in [6.07, 6.45) is 0. The number of hydrogen-bond donors (Lipinski definition) is 2. The first-order chi connectivity index (χ1) is 10.7. The largest absolute Gasteiger partial charge is 0.478 e. The SMILES string of the molecule is Cc1cc(C)c(C(=O)O)cc1NC(=O)c1cc(C(C)C)oc1C. The van der Waals surface area contributed by atoms with Crippen molar-refractivity contribution in [1.82, 2.24) is 0 Å². The predicted molar refractivity (Wildman–Crippen MR) is 88.4 cm³/mol. The number of hydrogen-bond acceptors (Lipinski definition) is 3. The summed E-state index contributed by atoms with van der Waals surface area (Å²) < 4.78 is 5.59. The Morgan fingerprint density at radius 1 is 1.04 bits per heavy atom. The number of aryl methyl sites for hydroxylation is 3. The van der Waals surface area contributed by atoms with Crippen molar-refractivity contribution in [2.24, 2.45) is 0 Å². The van der Waals surface area contributed by atoms with Crippen molar-refractivity contribution in [2.45, 2.75) is 40.5 Å². The minimum Gasteiger partial charge on any atom is -0.478 e. The van der Waals surface area contributed by atoms with Crippen LogP contribution in [-0.2, 0) is 0 Å². The van der Waals surface area contributed by atoms with Crippen molar-refractivity contribution in [1.29, 1.82) is 0 Å². The molecular weight excluding hydrogens is 294 g/mol. The molecule has 0 radical (unpaired) electrons. The van der Waals surface area contributed by atoms with Gasteiger partial charge < -0.3 is 14.8 Å². The van der Waals surface area contributed by atoms with Crippen molar-refractivity contribution < 1.29 is 19.1 Å². The molecule has 0 fully saturated rings. The van der Waals surface area contributed by atoms with E-state index in [0.717, 1.165) is 11.3 Å². The summed E-state index contributed by atoms with van der Waals surface area (Å²) >= 11 is 0. The van der Waals surface area contributed by atoms with Crippen LogP contribution in [0.5, 0.6) is 0 Å². The molecule has 0 spiro atoms. The summed E-state index contributed by atoms with van der Waals surface area (Å²) in [5.41, 5.74) is 2.61. The third kappa shape index (κ3) is 3.44. The first kappa shape index (κ1) is 16.8. The molecule has 1 heterocycles. The molecule has 5 heteroatoms. The number of aromatic carboxylic acids is 1. The van der Waals surface area contributed by atoms with Crippen LogP contribution in [0.3, 0.4) is 0 Å². The maximum atomic E-state index is 12.5. The highest BCUT2D eigenvalue weighted by Gasteiger charge is 2.18. The molecule has 23 heavy (non-hydrogen) atoms. The van der Waals surface area contributed by atoms with Gasteiger partial charge in [-0.15, -0.1) is 0 Å². The number of furan rings is 1. The van der Waals surface area contributed by atoms with E-state index in [9.17, 15) is 14.7 Å². The summed E-state index contributed by atoms with van der Waals surface area (Å²) in [6.45, 7) is 9.28. The third-order valence-corrected chi connectivity index (χ3v) is 3.80. The van der Waals surface area contributed by atoms with Gasteiger partial charge in [-0.05, 0) is 44.0 Å². The maximum absolute atomic E-state index is 12.5. The lowest BCUT2D eigenvalue weighted by Gasteiger charge is -2.11. The number of benzene rings is 1. The Hall–Kier alpha value is -2.56. The lowest BCUT2D eigenvalue weighted by atomic mass is 10.0. The maximum Gasteiger partial charge on any atom is 0.336 e. The molecule has 0 aliphatic carbocycles. The van der Waals surface area contributed by atoms with Gasteiger partial charge in [0.05, 0.1) is 11.1 Å². The van der Waals surface area contributed by atoms with Crippen molar-refractivity contribution >= 4 is 17.6 Å². The molecule has 2 N–H and O–H groups in total. The number of anilines is 1. The Balaban J connectivity index is 2.34.